The number of nitrogens with zero attached hydrogens (tertiary/aromatic N) is 2. The minimum atomic E-state index is 0.104. The molecule has 0 radical (unpaired) electrons. The molecule has 7 heavy (non-hydrogen) atoms. The first-order valence-corrected chi connectivity index (χ1v) is 3.30. The van der Waals surface area contributed by atoms with Gasteiger partial charge in [-0.25, -0.2) is 0 Å². The zero-order valence-corrected chi connectivity index (χ0v) is 6.48. The maximum Gasteiger partial charge on any atom is 0.182 e. The highest BCUT2D eigenvalue weighted by molar-refractivity contribution is 9.11. The van der Waals surface area contributed by atoms with Crippen molar-refractivity contribution in [1.29, 1.82) is 0 Å². The van der Waals surface area contributed by atoms with Gasteiger partial charge in [-0.3, -0.25) is 9.35 Å². The van der Waals surface area contributed by atoms with Gasteiger partial charge in [0.25, 0.3) is 0 Å². The maximum atomic E-state index is 3.70. The highest BCUT2D eigenvalue weighted by Gasteiger charge is 2.11. The molecule has 40 valence electrons. The first-order chi connectivity index (χ1) is 3.30. The lowest BCUT2D eigenvalue weighted by atomic mass is 11.1. The zero-order chi connectivity index (χ0) is 5.28. The zero-order valence-electron chi connectivity index (χ0n) is 3.31. The van der Waals surface area contributed by atoms with Crippen LogP contribution in [0.25, 0.3) is 0 Å². The van der Waals surface area contributed by atoms with Gasteiger partial charge < -0.3 is 0 Å². The van der Waals surface area contributed by atoms with E-state index < -0.39 is 0 Å². The van der Waals surface area contributed by atoms with E-state index >= 15 is 0 Å². The third kappa shape index (κ3) is 1.07. The van der Waals surface area contributed by atoms with E-state index in [1.54, 1.807) is 10.3 Å². The molecule has 0 aromatic rings. The van der Waals surface area contributed by atoms with Crippen molar-refractivity contribution in [2.45, 2.75) is 5.08 Å². The number of hydrazone groups is 1. The smallest absolute Gasteiger partial charge is 0.182 e. The number of hydrogen-bond donors (Lipinski definition) is 1. The highest BCUT2D eigenvalue weighted by Crippen LogP contribution is 2.09. The molecule has 0 saturated carbocycles. The number of halogens is 2. The van der Waals surface area contributed by atoms with Gasteiger partial charge in [0.15, 0.2) is 5.08 Å². The van der Waals surface area contributed by atoms with Crippen molar-refractivity contribution in [1.82, 2.24) is 9.35 Å². The SMILES string of the molecule is BrC1NN=CN1Br. The molecule has 1 atom stereocenters. The largest absolute Gasteiger partial charge is 0.275 e. The van der Waals surface area contributed by atoms with E-state index in [4.69, 9.17) is 0 Å². The summed E-state index contributed by atoms with van der Waals surface area (Å²) in [6.07, 6.45) is 1.64. The second-order valence-electron chi connectivity index (χ2n) is 1.05. The quantitative estimate of drug-likeness (QED) is 0.378. The van der Waals surface area contributed by atoms with Crippen LogP contribution < -0.4 is 5.43 Å². The molecule has 1 heterocycles. The lowest BCUT2D eigenvalue weighted by molar-refractivity contribution is 0.618. The first kappa shape index (κ1) is 5.37. The van der Waals surface area contributed by atoms with Crippen molar-refractivity contribution < 1.29 is 0 Å². The van der Waals surface area contributed by atoms with Crippen molar-refractivity contribution in [3.05, 3.63) is 0 Å². The summed E-state index contributed by atoms with van der Waals surface area (Å²) in [6, 6.07) is 0. The second-order valence-corrected chi connectivity index (χ2v) is 2.74. The van der Waals surface area contributed by atoms with E-state index in [1.165, 1.54) is 0 Å². The molecule has 0 amide bonds. The fourth-order valence-electron chi connectivity index (χ4n) is 0.264. The fourth-order valence-corrected chi connectivity index (χ4v) is 0.671. The van der Waals surface area contributed by atoms with Crippen LogP contribution in [-0.4, -0.2) is 15.3 Å². The Morgan fingerprint density at radius 1 is 1.86 bits per heavy atom. The number of nitrogens with one attached hydrogen (secondary N) is 1. The van der Waals surface area contributed by atoms with Gasteiger partial charge in [-0.2, -0.15) is 5.10 Å². The van der Waals surface area contributed by atoms with Gasteiger partial charge >= 0.3 is 0 Å². The molecule has 5 heteroatoms. The van der Waals surface area contributed by atoms with Gasteiger partial charge in [0.05, 0.1) is 16.1 Å². The van der Waals surface area contributed by atoms with E-state index in [1.807, 2.05) is 0 Å². The van der Waals surface area contributed by atoms with Crippen molar-refractivity contribution in [2.24, 2.45) is 5.10 Å². The average Bonchev–Trinajstić information content (AvgIpc) is 1.91. The van der Waals surface area contributed by atoms with Crippen LogP contribution in [-0.2, 0) is 0 Å². The number of hydrogen-bond acceptors (Lipinski definition) is 3. The third-order valence-corrected chi connectivity index (χ3v) is 2.35. The molecule has 1 aliphatic rings. The van der Waals surface area contributed by atoms with Crippen LogP contribution in [0.3, 0.4) is 0 Å². The van der Waals surface area contributed by atoms with E-state index in [2.05, 4.69) is 42.6 Å². The third-order valence-electron chi connectivity index (χ3n) is 0.566. The normalized spacial score (nSPS) is 28.3. The van der Waals surface area contributed by atoms with Crippen LogP contribution >= 0.6 is 32.1 Å². The van der Waals surface area contributed by atoms with Crippen LogP contribution in [0.5, 0.6) is 0 Å². The maximum absolute atomic E-state index is 3.70. The second kappa shape index (κ2) is 2.00. The van der Waals surface area contributed by atoms with E-state index in [0.29, 0.717) is 0 Å². The predicted octanol–water partition coefficient (Wildman–Crippen LogP) is 0.823. The van der Waals surface area contributed by atoms with Crippen LogP contribution in [0.4, 0.5) is 0 Å². The molecule has 0 fully saturated rings. The first-order valence-electron chi connectivity index (χ1n) is 1.67. The Morgan fingerprint density at radius 2 is 2.57 bits per heavy atom. The van der Waals surface area contributed by atoms with Crippen LogP contribution in [0.2, 0.25) is 0 Å². The van der Waals surface area contributed by atoms with Gasteiger partial charge in [0.1, 0.15) is 6.34 Å². The summed E-state index contributed by atoms with van der Waals surface area (Å²) in [5.74, 6) is 0. The van der Waals surface area contributed by atoms with Gasteiger partial charge in [-0.15, -0.1) is 0 Å². The Bertz CT molecular complexity index is 92.9. The van der Waals surface area contributed by atoms with Crippen molar-refractivity contribution in [2.75, 3.05) is 0 Å². The van der Waals surface area contributed by atoms with Crippen LogP contribution in [0.15, 0.2) is 5.10 Å². The molecule has 0 saturated heterocycles. The summed E-state index contributed by atoms with van der Waals surface area (Å²) < 4.78 is 1.73. The monoisotopic (exact) mass is 227 g/mol. The summed E-state index contributed by atoms with van der Waals surface area (Å²) >= 11 is 6.42. The molecular weight excluding hydrogens is 226 g/mol. The van der Waals surface area contributed by atoms with Crippen LogP contribution in [0.1, 0.15) is 0 Å². The molecule has 0 aromatic carbocycles. The lowest BCUT2D eigenvalue weighted by Gasteiger charge is -2.06. The van der Waals surface area contributed by atoms with Gasteiger partial charge in [0, 0.05) is 0 Å². The van der Waals surface area contributed by atoms with Gasteiger partial charge in [0.2, 0.25) is 0 Å². The lowest BCUT2D eigenvalue weighted by Crippen LogP contribution is -2.22. The number of alkyl halides is 1. The summed E-state index contributed by atoms with van der Waals surface area (Å²) in [5.41, 5.74) is 2.73. The fraction of sp³-hybridized carbons (Fsp3) is 0.500. The molecule has 0 bridgehead atoms. The van der Waals surface area contributed by atoms with Crippen molar-refractivity contribution in [3.63, 3.8) is 0 Å². The summed E-state index contributed by atoms with van der Waals surface area (Å²) in [4.78, 5) is 0. The molecule has 0 aromatic heterocycles. The molecule has 3 nitrogen and oxygen atoms in total. The Kier molecular flexibility index (Phi) is 1.53. The minimum absolute atomic E-state index is 0.104. The molecule has 1 unspecified atom stereocenters. The summed E-state index contributed by atoms with van der Waals surface area (Å²) in [7, 11) is 0. The van der Waals surface area contributed by atoms with E-state index in [9.17, 15) is 0 Å². The average molecular weight is 229 g/mol. The summed E-state index contributed by atoms with van der Waals surface area (Å²) in [5, 5.41) is 3.81. The topological polar surface area (TPSA) is 27.6 Å². The standard InChI is InChI=1S/C2H3Br2N3/c3-2-6-5-1-7(2)4/h1-2,6H. The molecule has 1 aliphatic heterocycles. The predicted molar refractivity (Wildman–Crippen MR) is 35.1 cm³/mol. The Hall–Kier alpha value is 0.230. The summed E-state index contributed by atoms with van der Waals surface area (Å²) in [6.45, 7) is 0. The molecule has 0 aliphatic carbocycles. The highest BCUT2D eigenvalue weighted by atomic mass is 79.9. The Morgan fingerprint density at radius 3 is 2.71 bits per heavy atom. The number of rotatable bonds is 0. The van der Waals surface area contributed by atoms with Crippen molar-refractivity contribution in [3.8, 4) is 0 Å². The Balaban J connectivity index is 2.45. The van der Waals surface area contributed by atoms with Gasteiger partial charge in [-0.05, 0) is 15.9 Å². The van der Waals surface area contributed by atoms with Crippen molar-refractivity contribution >= 4 is 38.4 Å². The molecule has 1 N–H and O–H groups in total. The van der Waals surface area contributed by atoms with Crippen LogP contribution in [0, 0.1) is 0 Å². The molecule has 1 rings (SSSR count). The van der Waals surface area contributed by atoms with E-state index in [0.717, 1.165) is 0 Å². The molecular formula is C2H3Br2N3. The Labute approximate surface area is 58.2 Å². The molecule has 0 spiro atoms. The van der Waals surface area contributed by atoms with Gasteiger partial charge in [-0.1, -0.05) is 0 Å². The van der Waals surface area contributed by atoms with E-state index in [-0.39, 0.29) is 5.08 Å². The minimum Gasteiger partial charge on any atom is -0.275 e.